The van der Waals surface area contributed by atoms with Gasteiger partial charge in [-0.2, -0.15) is 5.26 Å². The summed E-state index contributed by atoms with van der Waals surface area (Å²) < 4.78 is 0. The maximum Gasteiger partial charge on any atom is 0.294 e. The van der Waals surface area contributed by atoms with Crippen LogP contribution >= 0.6 is 0 Å². The summed E-state index contributed by atoms with van der Waals surface area (Å²) in [4.78, 5) is 21.6. The highest BCUT2D eigenvalue weighted by molar-refractivity contribution is 5.92. The lowest BCUT2D eigenvalue weighted by Gasteiger charge is -2.07. The molecule has 2 N–H and O–H groups in total. The van der Waals surface area contributed by atoms with Gasteiger partial charge in [-0.15, -0.1) is 6.58 Å². The third kappa shape index (κ3) is 4.12. The number of anilines is 2. The fraction of sp³-hybridized carbons (Fsp3) is 0.167. The van der Waals surface area contributed by atoms with Crippen LogP contribution in [0.25, 0.3) is 0 Å². The minimum Gasteiger partial charge on any atom is -0.376 e. The number of benzene rings is 1. The number of rotatable bonds is 6. The highest BCUT2D eigenvalue weighted by Crippen LogP contribution is 2.27. The van der Waals surface area contributed by atoms with Crippen molar-refractivity contribution >= 4 is 23.0 Å². The minimum absolute atomic E-state index is 0.156. The lowest BCUT2D eigenvalue weighted by molar-refractivity contribution is -0.383. The molecule has 0 aliphatic heterocycles. The van der Waals surface area contributed by atoms with E-state index < -0.39 is 10.8 Å². The highest BCUT2D eigenvalue weighted by Gasteiger charge is 2.14. The molecule has 0 spiro atoms. The van der Waals surface area contributed by atoms with Crippen LogP contribution in [0.2, 0.25) is 0 Å². The maximum absolute atomic E-state index is 11.2. The molecule has 0 radical (unpaired) electrons. The number of nitro groups is 1. The van der Waals surface area contributed by atoms with Gasteiger partial charge in [0, 0.05) is 18.3 Å². The molecule has 0 bridgehead atoms. The summed E-state index contributed by atoms with van der Waals surface area (Å²) in [5, 5.41) is 24.5. The number of carbonyl (C=O) groups is 1. The molecular formula is C12H12N4O3. The zero-order chi connectivity index (χ0) is 14.3. The molecule has 1 amide bonds. The molecule has 0 aliphatic carbocycles. The van der Waals surface area contributed by atoms with Gasteiger partial charge in [0.05, 0.1) is 11.0 Å². The van der Waals surface area contributed by atoms with Crippen LogP contribution in [0.4, 0.5) is 17.1 Å². The smallest absolute Gasteiger partial charge is 0.294 e. The van der Waals surface area contributed by atoms with Crippen molar-refractivity contribution in [3.05, 3.63) is 41.0 Å². The Balaban J connectivity index is 2.96. The monoisotopic (exact) mass is 260 g/mol. The quantitative estimate of drug-likeness (QED) is 0.462. The molecule has 0 aromatic heterocycles. The molecule has 0 atom stereocenters. The highest BCUT2D eigenvalue weighted by atomic mass is 16.6. The van der Waals surface area contributed by atoms with E-state index in [2.05, 4.69) is 17.2 Å². The van der Waals surface area contributed by atoms with Gasteiger partial charge in [-0.05, 0) is 12.1 Å². The van der Waals surface area contributed by atoms with E-state index in [1.807, 2.05) is 0 Å². The maximum atomic E-state index is 11.2. The van der Waals surface area contributed by atoms with Crippen molar-refractivity contribution in [1.29, 1.82) is 5.26 Å². The predicted molar refractivity (Wildman–Crippen MR) is 70.6 cm³/mol. The van der Waals surface area contributed by atoms with E-state index in [1.165, 1.54) is 18.2 Å². The molecule has 1 rings (SSSR count). The van der Waals surface area contributed by atoms with Crippen LogP contribution in [0.3, 0.4) is 0 Å². The van der Waals surface area contributed by atoms with Gasteiger partial charge < -0.3 is 10.6 Å². The van der Waals surface area contributed by atoms with E-state index >= 15 is 0 Å². The summed E-state index contributed by atoms with van der Waals surface area (Å²) in [5.41, 5.74) is 0.455. The van der Waals surface area contributed by atoms with Crippen LogP contribution in [0.1, 0.15) is 6.42 Å². The Kier molecular flexibility index (Phi) is 5.04. The number of amides is 1. The Morgan fingerprint density at radius 3 is 2.89 bits per heavy atom. The van der Waals surface area contributed by atoms with Crippen molar-refractivity contribution in [2.24, 2.45) is 0 Å². The minimum atomic E-state index is -0.550. The summed E-state index contributed by atoms with van der Waals surface area (Å²) in [6, 6.07) is 5.94. The predicted octanol–water partition coefficient (Wildman–Crippen LogP) is 2.04. The number of hydrogen-bond donors (Lipinski definition) is 2. The molecule has 98 valence electrons. The Hall–Kier alpha value is -2.88. The molecular weight excluding hydrogens is 248 g/mol. The van der Waals surface area contributed by atoms with Crippen molar-refractivity contribution in [3.63, 3.8) is 0 Å². The van der Waals surface area contributed by atoms with Crippen molar-refractivity contribution < 1.29 is 9.72 Å². The van der Waals surface area contributed by atoms with Gasteiger partial charge in [-0.3, -0.25) is 14.9 Å². The molecule has 0 aliphatic rings. The fourth-order valence-electron chi connectivity index (χ4n) is 1.37. The summed E-state index contributed by atoms with van der Waals surface area (Å²) in [6.45, 7) is 3.90. The Labute approximate surface area is 109 Å². The van der Waals surface area contributed by atoms with Gasteiger partial charge in [0.2, 0.25) is 5.91 Å². The number of nitrogens with zero attached hydrogens (tertiary/aromatic N) is 2. The zero-order valence-electron chi connectivity index (χ0n) is 10.0. The zero-order valence-corrected chi connectivity index (χ0v) is 10.0. The third-order valence-corrected chi connectivity index (χ3v) is 2.15. The average molecular weight is 260 g/mol. The summed E-state index contributed by atoms with van der Waals surface area (Å²) in [6.07, 6.45) is 1.27. The van der Waals surface area contributed by atoms with Gasteiger partial charge in [0.15, 0.2) is 0 Å². The van der Waals surface area contributed by atoms with E-state index in [0.717, 1.165) is 0 Å². The first kappa shape index (κ1) is 14.2. The number of hydrogen-bond acceptors (Lipinski definition) is 5. The Morgan fingerprint density at radius 2 is 2.32 bits per heavy atom. The third-order valence-electron chi connectivity index (χ3n) is 2.15. The normalized spacial score (nSPS) is 9.21. The lowest BCUT2D eigenvalue weighted by atomic mass is 10.2. The summed E-state index contributed by atoms with van der Waals surface area (Å²) in [7, 11) is 0. The topological polar surface area (TPSA) is 108 Å². The molecule has 0 unspecified atom stereocenters. The molecule has 0 fully saturated rings. The van der Waals surface area contributed by atoms with Crippen LogP contribution in [-0.2, 0) is 4.79 Å². The molecule has 7 nitrogen and oxygen atoms in total. The number of nitro benzene ring substituents is 1. The molecule has 1 aromatic carbocycles. The summed E-state index contributed by atoms with van der Waals surface area (Å²) in [5.74, 6) is -0.511. The second-order valence-corrected chi connectivity index (χ2v) is 3.54. The van der Waals surface area contributed by atoms with Crippen molar-refractivity contribution in [2.75, 3.05) is 17.2 Å². The van der Waals surface area contributed by atoms with Crippen LogP contribution < -0.4 is 10.6 Å². The van der Waals surface area contributed by atoms with Gasteiger partial charge in [0.1, 0.15) is 12.1 Å². The first-order valence-electron chi connectivity index (χ1n) is 5.38. The van der Waals surface area contributed by atoms with E-state index in [9.17, 15) is 14.9 Å². The molecule has 0 heterocycles. The van der Waals surface area contributed by atoms with Gasteiger partial charge in [0.25, 0.3) is 5.69 Å². The van der Waals surface area contributed by atoms with Crippen molar-refractivity contribution in [3.8, 4) is 6.07 Å². The van der Waals surface area contributed by atoms with Crippen LogP contribution in [0, 0.1) is 21.4 Å². The van der Waals surface area contributed by atoms with Gasteiger partial charge in [-0.1, -0.05) is 6.08 Å². The fourth-order valence-corrected chi connectivity index (χ4v) is 1.37. The second-order valence-electron chi connectivity index (χ2n) is 3.54. The summed E-state index contributed by atoms with van der Waals surface area (Å²) >= 11 is 0. The SMILES string of the molecule is C=CCNc1ccc(NC(=O)CC#N)cc1[N+](=O)[O-]. The largest absolute Gasteiger partial charge is 0.376 e. The van der Waals surface area contributed by atoms with E-state index in [4.69, 9.17) is 5.26 Å². The molecule has 0 saturated heterocycles. The first-order valence-corrected chi connectivity index (χ1v) is 5.38. The molecule has 1 aromatic rings. The van der Waals surface area contributed by atoms with Crippen LogP contribution in [0.5, 0.6) is 0 Å². The average Bonchev–Trinajstić information content (AvgIpc) is 2.37. The standard InChI is InChI=1S/C12H12N4O3/c1-2-7-14-10-4-3-9(8-11(10)16(18)19)15-12(17)5-6-13/h2-4,8,14H,1,5,7H2,(H,15,17). The number of nitrogens with one attached hydrogen (secondary N) is 2. The molecule has 7 heteroatoms. The van der Waals surface area contributed by atoms with Crippen molar-refractivity contribution in [2.45, 2.75) is 6.42 Å². The lowest BCUT2D eigenvalue weighted by Crippen LogP contribution is -2.10. The van der Waals surface area contributed by atoms with E-state index in [-0.39, 0.29) is 17.8 Å². The van der Waals surface area contributed by atoms with Gasteiger partial charge in [-0.25, -0.2) is 0 Å². The van der Waals surface area contributed by atoms with Crippen LogP contribution in [-0.4, -0.2) is 17.4 Å². The number of nitriles is 1. The molecule has 19 heavy (non-hydrogen) atoms. The Morgan fingerprint density at radius 1 is 1.58 bits per heavy atom. The number of carbonyl (C=O) groups excluding carboxylic acids is 1. The van der Waals surface area contributed by atoms with Crippen LogP contribution in [0.15, 0.2) is 30.9 Å². The molecule has 0 saturated carbocycles. The second kappa shape index (κ2) is 6.76. The van der Waals surface area contributed by atoms with E-state index in [0.29, 0.717) is 12.2 Å². The van der Waals surface area contributed by atoms with E-state index in [1.54, 1.807) is 12.1 Å². The first-order chi connectivity index (χ1) is 9.08. The van der Waals surface area contributed by atoms with Crippen molar-refractivity contribution in [1.82, 2.24) is 0 Å². The Bertz CT molecular complexity index is 548. The van der Waals surface area contributed by atoms with Gasteiger partial charge >= 0.3 is 0 Å².